The third-order valence-electron chi connectivity index (χ3n) is 4.92. The number of halogens is 1. The first-order chi connectivity index (χ1) is 13.0. The van der Waals surface area contributed by atoms with Crippen LogP contribution in [-0.2, 0) is 12.3 Å². The zero-order chi connectivity index (χ0) is 19.0. The predicted molar refractivity (Wildman–Crippen MR) is 104 cm³/mol. The van der Waals surface area contributed by atoms with Gasteiger partial charge >= 0.3 is 0 Å². The third kappa shape index (κ3) is 2.87. The van der Waals surface area contributed by atoms with E-state index in [-0.39, 0.29) is 12.5 Å². The van der Waals surface area contributed by atoms with Crippen LogP contribution in [0, 0.1) is 0 Å². The minimum atomic E-state index is -1.56. The van der Waals surface area contributed by atoms with Gasteiger partial charge in [0.25, 0.3) is 5.91 Å². The van der Waals surface area contributed by atoms with Gasteiger partial charge in [0.2, 0.25) is 0 Å². The number of methoxy groups -OCH3 is 1. The van der Waals surface area contributed by atoms with Crippen molar-refractivity contribution in [1.82, 2.24) is 4.90 Å². The molecule has 0 saturated carbocycles. The van der Waals surface area contributed by atoms with E-state index in [2.05, 4.69) is 0 Å². The van der Waals surface area contributed by atoms with E-state index in [1.54, 1.807) is 49.6 Å². The molecule has 0 bridgehead atoms. The van der Waals surface area contributed by atoms with Crippen LogP contribution in [0.2, 0.25) is 5.02 Å². The smallest absolute Gasteiger partial charge is 0.257 e. The molecule has 1 atom stereocenters. The van der Waals surface area contributed by atoms with E-state index < -0.39 is 5.72 Å². The second kappa shape index (κ2) is 6.72. The molecule has 3 aromatic carbocycles. The lowest BCUT2D eigenvalue weighted by molar-refractivity contribution is -0.0542. The maximum absolute atomic E-state index is 13.1. The summed E-state index contributed by atoms with van der Waals surface area (Å²) in [6, 6.07) is 21.5. The summed E-state index contributed by atoms with van der Waals surface area (Å²) in [5, 5.41) is 12.3. The van der Waals surface area contributed by atoms with Crippen molar-refractivity contribution >= 4 is 17.5 Å². The van der Waals surface area contributed by atoms with Crippen LogP contribution in [-0.4, -0.2) is 23.0 Å². The number of amides is 1. The van der Waals surface area contributed by atoms with E-state index >= 15 is 0 Å². The highest BCUT2D eigenvalue weighted by Gasteiger charge is 2.49. The number of hydrogen-bond acceptors (Lipinski definition) is 3. The van der Waals surface area contributed by atoms with Gasteiger partial charge in [0.05, 0.1) is 7.11 Å². The van der Waals surface area contributed by atoms with Crippen LogP contribution in [0.15, 0.2) is 72.8 Å². The molecule has 1 amide bonds. The molecule has 4 rings (SSSR count). The first-order valence-electron chi connectivity index (χ1n) is 8.57. The Morgan fingerprint density at radius 3 is 2.33 bits per heavy atom. The number of benzene rings is 3. The third-order valence-corrected chi connectivity index (χ3v) is 5.17. The normalized spacial score (nSPS) is 18.5. The summed E-state index contributed by atoms with van der Waals surface area (Å²) < 4.78 is 5.19. The van der Waals surface area contributed by atoms with Gasteiger partial charge in [-0.25, -0.2) is 0 Å². The fourth-order valence-corrected chi connectivity index (χ4v) is 3.63. The quantitative estimate of drug-likeness (QED) is 0.739. The first kappa shape index (κ1) is 17.6. The molecule has 1 unspecified atom stereocenters. The number of carbonyl (C=O) groups excluding carboxylic acids is 1. The van der Waals surface area contributed by atoms with Crippen molar-refractivity contribution in [1.29, 1.82) is 0 Å². The standard InChI is InChI=1S/C22H18ClNO3/c1-27-18-12-6-15(7-13-18)14-24-21(25)19-4-2-3-5-20(19)22(24,26)16-8-10-17(23)11-9-16/h2-13,26H,14H2,1H3. The van der Waals surface area contributed by atoms with Gasteiger partial charge < -0.3 is 9.84 Å². The topological polar surface area (TPSA) is 49.8 Å². The summed E-state index contributed by atoms with van der Waals surface area (Å²) in [7, 11) is 1.61. The van der Waals surface area contributed by atoms with Crippen molar-refractivity contribution in [2.24, 2.45) is 0 Å². The van der Waals surface area contributed by atoms with Crippen LogP contribution in [0.25, 0.3) is 0 Å². The van der Waals surface area contributed by atoms with Crippen molar-refractivity contribution in [2.45, 2.75) is 12.3 Å². The van der Waals surface area contributed by atoms with E-state index in [9.17, 15) is 9.90 Å². The predicted octanol–water partition coefficient (Wildman–Crippen LogP) is 4.20. The SMILES string of the molecule is COc1ccc(CN2C(=O)c3ccccc3C2(O)c2ccc(Cl)cc2)cc1. The molecule has 0 aliphatic carbocycles. The van der Waals surface area contributed by atoms with Crippen molar-refractivity contribution < 1.29 is 14.6 Å². The van der Waals surface area contributed by atoms with Gasteiger partial charge in [0, 0.05) is 28.3 Å². The Bertz CT molecular complexity index is 985. The van der Waals surface area contributed by atoms with Gasteiger partial charge in [-0.2, -0.15) is 0 Å². The van der Waals surface area contributed by atoms with E-state index in [1.165, 1.54) is 4.90 Å². The number of ether oxygens (including phenoxy) is 1. The molecule has 0 saturated heterocycles. The Balaban J connectivity index is 1.80. The molecule has 0 spiro atoms. The second-order valence-electron chi connectivity index (χ2n) is 6.46. The molecule has 136 valence electrons. The highest BCUT2D eigenvalue weighted by Crippen LogP contribution is 2.43. The van der Waals surface area contributed by atoms with Crippen LogP contribution in [0.1, 0.15) is 27.0 Å². The Kier molecular flexibility index (Phi) is 4.38. The monoisotopic (exact) mass is 379 g/mol. The maximum Gasteiger partial charge on any atom is 0.257 e. The summed E-state index contributed by atoms with van der Waals surface area (Å²) in [5.41, 5.74) is 1.01. The number of nitrogens with zero attached hydrogens (tertiary/aromatic N) is 1. The molecule has 0 fully saturated rings. The summed E-state index contributed by atoms with van der Waals surface area (Å²) in [6.45, 7) is 0.261. The van der Waals surface area contributed by atoms with E-state index in [0.717, 1.165) is 11.3 Å². The molecule has 27 heavy (non-hydrogen) atoms. The molecule has 0 aromatic heterocycles. The zero-order valence-electron chi connectivity index (χ0n) is 14.7. The van der Waals surface area contributed by atoms with E-state index in [0.29, 0.717) is 21.7 Å². The number of rotatable bonds is 4. The molecule has 1 N–H and O–H groups in total. The Morgan fingerprint density at radius 2 is 1.67 bits per heavy atom. The van der Waals surface area contributed by atoms with E-state index in [4.69, 9.17) is 16.3 Å². The molecule has 1 aliphatic rings. The molecular formula is C22H18ClNO3. The van der Waals surface area contributed by atoms with Crippen LogP contribution in [0.3, 0.4) is 0 Å². The van der Waals surface area contributed by atoms with Gasteiger partial charge in [0.1, 0.15) is 5.75 Å². The van der Waals surface area contributed by atoms with Crippen LogP contribution in [0.5, 0.6) is 5.75 Å². The average Bonchev–Trinajstić information content (AvgIpc) is 2.92. The first-order valence-corrected chi connectivity index (χ1v) is 8.94. The van der Waals surface area contributed by atoms with Crippen LogP contribution in [0.4, 0.5) is 0 Å². The summed E-state index contributed by atoms with van der Waals surface area (Å²) in [5.74, 6) is 0.529. The van der Waals surface area contributed by atoms with Gasteiger partial charge in [0.15, 0.2) is 5.72 Å². The van der Waals surface area contributed by atoms with Gasteiger partial charge in [-0.05, 0) is 35.9 Å². The highest BCUT2D eigenvalue weighted by atomic mass is 35.5. The number of carbonyl (C=O) groups is 1. The van der Waals surface area contributed by atoms with Gasteiger partial charge in [-0.3, -0.25) is 9.69 Å². The van der Waals surface area contributed by atoms with Crippen molar-refractivity contribution in [3.63, 3.8) is 0 Å². The number of fused-ring (bicyclic) bond motifs is 1. The Morgan fingerprint density at radius 1 is 1.00 bits per heavy atom. The van der Waals surface area contributed by atoms with Crippen molar-refractivity contribution in [2.75, 3.05) is 7.11 Å². The van der Waals surface area contributed by atoms with Crippen LogP contribution >= 0.6 is 11.6 Å². The average molecular weight is 380 g/mol. The number of aliphatic hydroxyl groups is 1. The highest BCUT2D eigenvalue weighted by molar-refractivity contribution is 6.30. The molecule has 1 aliphatic heterocycles. The van der Waals surface area contributed by atoms with Gasteiger partial charge in [-0.15, -0.1) is 0 Å². The molecule has 5 heteroatoms. The Labute approximate surface area is 162 Å². The summed E-state index contributed by atoms with van der Waals surface area (Å²) in [6.07, 6.45) is 0. The fraction of sp³-hybridized carbons (Fsp3) is 0.136. The maximum atomic E-state index is 13.1. The van der Waals surface area contributed by atoms with Crippen molar-refractivity contribution in [3.05, 3.63) is 100 Å². The summed E-state index contributed by atoms with van der Waals surface area (Å²) >= 11 is 6.01. The van der Waals surface area contributed by atoms with Crippen molar-refractivity contribution in [3.8, 4) is 5.75 Å². The van der Waals surface area contributed by atoms with Crippen LogP contribution < -0.4 is 4.74 Å². The zero-order valence-corrected chi connectivity index (χ0v) is 15.5. The minimum Gasteiger partial charge on any atom is -0.497 e. The van der Waals surface area contributed by atoms with E-state index in [1.807, 2.05) is 30.3 Å². The number of hydrogen-bond donors (Lipinski definition) is 1. The molecule has 0 radical (unpaired) electrons. The molecule has 4 nitrogen and oxygen atoms in total. The molecule has 1 heterocycles. The summed E-state index contributed by atoms with van der Waals surface area (Å²) in [4.78, 5) is 14.6. The lowest BCUT2D eigenvalue weighted by Crippen LogP contribution is -2.44. The Hall–Kier alpha value is -2.82. The molecule has 3 aromatic rings. The largest absolute Gasteiger partial charge is 0.497 e. The lowest BCUT2D eigenvalue weighted by atomic mass is 9.93. The minimum absolute atomic E-state index is 0.209. The molecular weight excluding hydrogens is 362 g/mol. The second-order valence-corrected chi connectivity index (χ2v) is 6.90. The fourth-order valence-electron chi connectivity index (χ4n) is 3.50. The van der Waals surface area contributed by atoms with Gasteiger partial charge in [-0.1, -0.05) is 54.1 Å². The lowest BCUT2D eigenvalue weighted by Gasteiger charge is -2.35.